The van der Waals surface area contributed by atoms with Crippen molar-refractivity contribution >= 4 is 15.9 Å². The predicted octanol–water partition coefficient (Wildman–Crippen LogP) is 2.10. The van der Waals surface area contributed by atoms with Crippen molar-refractivity contribution in [1.82, 2.24) is 9.62 Å². The van der Waals surface area contributed by atoms with E-state index in [1.54, 1.807) is 24.3 Å². The van der Waals surface area contributed by atoms with Crippen LogP contribution in [0.2, 0.25) is 0 Å². The van der Waals surface area contributed by atoms with Crippen LogP contribution in [0.4, 0.5) is 0 Å². The van der Waals surface area contributed by atoms with Crippen LogP contribution in [0.15, 0.2) is 53.4 Å². The van der Waals surface area contributed by atoms with Gasteiger partial charge in [0.15, 0.2) is 0 Å². The van der Waals surface area contributed by atoms with Gasteiger partial charge in [-0.05, 0) is 24.1 Å². The Morgan fingerprint density at radius 1 is 1.04 bits per heavy atom. The number of nitrogens with one attached hydrogen (secondary N) is 1. The van der Waals surface area contributed by atoms with Crippen molar-refractivity contribution in [2.24, 2.45) is 0 Å². The number of sulfonamides is 1. The summed E-state index contributed by atoms with van der Waals surface area (Å²) in [7, 11) is -0.561. The molecule has 5 nitrogen and oxygen atoms in total. The smallest absolute Gasteiger partial charge is 0.242 e. The van der Waals surface area contributed by atoms with Crippen molar-refractivity contribution < 1.29 is 13.2 Å². The lowest BCUT2D eigenvalue weighted by molar-refractivity contribution is -0.120. The molecule has 0 heterocycles. The second-order valence-electron chi connectivity index (χ2n) is 5.83. The van der Waals surface area contributed by atoms with E-state index < -0.39 is 10.0 Å². The molecular formula is C18H22N2O3S. The number of hydrogen-bond acceptors (Lipinski definition) is 3. The molecule has 0 fully saturated rings. The normalized spacial score (nSPS) is 11.5. The van der Waals surface area contributed by atoms with Gasteiger partial charge in [0.1, 0.15) is 0 Å². The Morgan fingerprint density at radius 2 is 1.67 bits per heavy atom. The molecule has 2 rings (SSSR count). The predicted molar refractivity (Wildman–Crippen MR) is 94.0 cm³/mol. The first-order valence-electron chi connectivity index (χ1n) is 7.63. The average molecular weight is 346 g/mol. The first kappa shape index (κ1) is 18.2. The van der Waals surface area contributed by atoms with E-state index in [4.69, 9.17) is 0 Å². The fourth-order valence-corrected chi connectivity index (χ4v) is 3.36. The van der Waals surface area contributed by atoms with Crippen LogP contribution in [0.5, 0.6) is 0 Å². The van der Waals surface area contributed by atoms with Gasteiger partial charge in [-0.2, -0.15) is 0 Å². The van der Waals surface area contributed by atoms with Crippen LogP contribution in [-0.2, 0) is 27.8 Å². The van der Waals surface area contributed by atoms with Crippen LogP contribution in [0, 0.1) is 6.92 Å². The molecule has 0 bridgehead atoms. The number of carbonyl (C=O) groups is 1. The average Bonchev–Trinajstić information content (AvgIpc) is 2.55. The number of benzene rings is 2. The van der Waals surface area contributed by atoms with E-state index in [1.165, 1.54) is 18.4 Å². The van der Waals surface area contributed by atoms with Gasteiger partial charge >= 0.3 is 0 Å². The van der Waals surface area contributed by atoms with Crippen LogP contribution in [-0.4, -0.2) is 32.7 Å². The van der Waals surface area contributed by atoms with Crippen molar-refractivity contribution in [3.63, 3.8) is 0 Å². The minimum atomic E-state index is -3.54. The number of hydrogen-bond donors (Lipinski definition) is 1. The summed E-state index contributed by atoms with van der Waals surface area (Å²) < 4.78 is 25.8. The van der Waals surface area contributed by atoms with Gasteiger partial charge in [0.05, 0.1) is 11.3 Å². The second-order valence-corrected chi connectivity index (χ2v) is 7.95. The Bertz CT molecular complexity index is 812. The highest BCUT2D eigenvalue weighted by Crippen LogP contribution is 2.18. The quantitative estimate of drug-likeness (QED) is 0.871. The molecule has 2 aromatic rings. The SMILES string of the molecule is Cc1ccc(CC(=O)NCc2ccccc2S(=O)(=O)N(C)C)cc1. The van der Waals surface area contributed by atoms with Gasteiger partial charge in [-0.25, -0.2) is 12.7 Å². The molecule has 2 aromatic carbocycles. The van der Waals surface area contributed by atoms with E-state index in [1.807, 2.05) is 31.2 Å². The Morgan fingerprint density at radius 3 is 2.29 bits per heavy atom. The minimum Gasteiger partial charge on any atom is -0.352 e. The van der Waals surface area contributed by atoms with Gasteiger partial charge in [-0.1, -0.05) is 48.0 Å². The first-order valence-corrected chi connectivity index (χ1v) is 9.07. The summed E-state index contributed by atoms with van der Waals surface area (Å²) in [6.07, 6.45) is 0.267. The maximum absolute atomic E-state index is 12.3. The van der Waals surface area contributed by atoms with Crippen LogP contribution in [0.1, 0.15) is 16.7 Å². The highest BCUT2D eigenvalue weighted by Gasteiger charge is 2.20. The molecular weight excluding hydrogens is 324 g/mol. The van der Waals surface area contributed by atoms with Gasteiger partial charge < -0.3 is 5.32 Å². The van der Waals surface area contributed by atoms with Crippen LogP contribution < -0.4 is 5.32 Å². The monoisotopic (exact) mass is 346 g/mol. The number of nitrogens with zero attached hydrogens (tertiary/aromatic N) is 1. The summed E-state index contributed by atoms with van der Waals surface area (Å²) >= 11 is 0. The van der Waals surface area contributed by atoms with Gasteiger partial charge in [-0.15, -0.1) is 0 Å². The summed E-state index contributed by atoms with van der Waals surface area (Å²) in [5.41, 5.74) is 2.64. The molecule has 1 amide bonds. The van der Waals surface area contributed by atoms with E-state index in [0.717, 1.165) is 11.1 Å². The van der Waals surface area contributed by atoms with E-state index in [9.17, 15) is 13.2 Å². The van der Waals surface area contributed by atoms with Crippen molar-refractivity contribution in [2.75, 3.05) is 14.1 Å². The maximum atomic E-state index is 12.3. The second kappa shape index (κ2) is 7.59. The zero-order chi connectivity index (χ0) is 17.7. The van der Waals surface area contributed by atoms with Gasteiger partial charge in [0, 0.05) is 20.6 Å². The number of rotatable bonds is 6. The highest BCUT2D eigenvalue weighted by molar-refractivity contribution is 7.89. The lowest BCUT2D eigenvalue weighted by atomic mass is 10.1. The number of amides is 1. The molecule has 0 aromatic heterocycles. The molecule has 0 atom stereocenters. The fourth-order valence-electron chi connectivity index (χ4n) is 2.25. The minimum absolute atomic E-state index is 0.143. The van der Waals surface area contributed by atoms with Gasteiger partial charge in [0.25, 0.3) is 0 Å². The van der Waals surface area contributed by atoms with Crippen molar-refractivity contribution in [2.45, 2.75) is 24.8 Å². The Labute approximate surface area is 143 Å². The summed E-state index contributed by atoms with van der Waals surface area (Å²) in [6, 6.07) is 14.4. The molecule has 1 N–H and O–H groups in total. The van der Waals surface area contributed by atoms with Gasteiger partial charge in [-0.3, -0.25) is 4.79 Å². The number of carbonyl (C=O) groups excluding carboxylic acids is 1. The molecule has 0 unspecified atom stereocenters. The molecule has 0 aliphatic heterocycles. The summed E-state index contributed by atoms with van der Waals surface area (Å²) in [4.78, 5) is 12.3. The lowest BCUT2D eigenvalue weighted by Crippen LogP contribution is -2.27. The molecule has 0 saturated heterocycles. The number of aryl methyl sites for hydroxylation is 1. The summed E-state index contributed by atoms with van der Waals surface area (Å²) in [5.74, 6) is -0.143. The molecule has 0 spiro atoms. The van der Waals surface area contributed by atoms with Crippen LogP contribution >= 0.6 is 0 Å². The Kier molecular flexibility index (Phi) is 5.75. The molecule has 0 radical (unpaired) electrons. The maximum Gasteiger partial charge on any atom is 0.242 e. The first-order chi connectivity index (χ1) is 11.3. The fraction of sp³-hybridized carbons (Fsp3) is 0.278. The van der Waals surface area contributed by atoms with Gasteiger partial charge in [0.2, 0.25) is 15.9 Å². The van der Waals surface area contributed by atoms with Crippen molar-refractivity contribution in [3.8, 4) is 0 Å². The third kappa shape index (κ3) is 4.43. The molecule has 24 heavy (non-hydrogen) atoms. The van der Waals surface area contributed by atoms with Crippen molar-refractivity contribution in [3.05, 3.63) is 65.2 Å². The van der Waals surface area contributed by atoms with Crippen molar-refractivity contribution in [1.29, 1.82) is 0 Å². The Balaban J connectivity index is 2.07. The van der Waals surface area contributed by atoms with Crippen LogP contribution in [0.3, 0.4) is 0 Å². The molecule has 128 valence electrons. The largest absolute Gasteiger partial charge is 0.352 e. The zero-order valence-corrected chi connectivity index (χ0v) is 14.9. The third-order valence-corrected chi connectivity index (χ3v) is 5.61. The Hall–Kier alpha value is -2.18. The molecule has 0 saturated carbocycles. The topological polar surface area (TPSA) is 66.5 Å². The highest BCUT2D eigenvalue weighted by atomic mass is 32.2. The van der Waals surface area contributed by atoms with E-state index in [0.29, 0.717) is 5.56 Å². The molecule has 0 aliphatic rings. The van der Waals surface area contributed by atoms with E-state index >= 15 is 0 Å². The van der Waals surface area contributed by atoms with E-state index in [-0.39, 0.29) is 23.8 Å². The summed E-state index contributed by atoms with van der Waals surface area (Å²) in [5, 5.41) is 2.79. The molecule has 0 aliphatic carbocycles. The molecule has 6 heteroatoms. The third-order valence-electron chi connectivity index (χ3n) is 3.69. The summed E-state index contributed by atoms with van der Waals surface area (Å²) in [6.45, 7) is 2.17. The zero-order valence-electron chi connectivity index (χ0n) is 14.1. The standard InChI is InChI=1S/C18H22N2O3S/c1-14-8-10-15(11-9-14)12-18(21)19-13-16-6-4-5-7-17(16)24(22,23)20(2)3/h4-11H,12-13H2,1-3H3,(H,19,21). The lowest BCUT2D eigenvalue weighted by Gasteiger charge is -2.15. The van der Waals surface area contributed by atoms with Crippen LogP contribution in [0.25, 0.3) is 0 Å². The van der Waals surface area contributed by atoms with E-state index in [2.05, 4.69) is 5.32 Å².